The molecule has 4 N–H and O–H groups in total. The molecule has 0 spiro atoms. The summed E-state index contributed by atoms with van der Waals surface area (Å²) in [5.41, 5.74) is 6.29. The second-order valence-corrected chi connectivity index (χ2v) is 5.89. The Balaban J connectivity index is 1.59. The molecule has 1 atom stereocenters. The molecule has 0 saturated carbocycles. The summed E-state index contributed by atoms with van der Waals surface area (Å²) >= 11 is 0. The molecule has 10 heteroatoms. The molecule has 4 amide bonds. The zero-order valence-electron chi connectivity index (χ0n) is 14.1. The molecule has 1 fully saturated rings. The van der Waals surface area contributed by atoms with Gasteiger partial charge in [-0.15, -0.1) is 0 Å². The van der Waals surface area contributed by atoms with Crippen molar-refractivity contribution >= 4 is 29.2 Å². The number of nitrogens with two attached hydrogens (primary N) is 1. The molecule has 0 bridgehead atoms. The van der Waals surface area contributed by atoms with E-state index < -0.39 is 11.9 Å². The number of anilines is 2. The minimum Gasteiger partial charge on any atom is -0.361 e. The average Bonchev–Trinajstić information content (AvgIpc) is 3.20. The Morgan fingerprint density at radius 2 is 2.23 bits per heavy atom. The molecule has 2 aromatic rings. The summed E-state index contributed by atoms with van der Waals surface area (Å²) in [6, 6.07) is 6.68. The molecule has 1 aliphatic rings. The number of urea groups is 1. The molecule has 1 saturated heterocycles. The van der Waals surface area contributed by atoms with Gasteiger partial charge in [0, 0.05) is 23.8 Å². The lowest BCUT2D eigenvalue weighted by molar-refractivity contribution is -0.117. The van der Waals surface area contributed by atoms with Crippen molar-refractivity contribution in [2.45, 2.75) is 32.4 Å². The average molecular weight is 358 g/mol. The van der Waals surface area contributed by atoms with E-state index in [1.807, 2.05) is 13.0 Å². The quantitative estimate of drug-likeness (QED) is 0.727. The first-order valence-corrected chi connectivity index (χ1v) is 8.03. The largest absolute Gasteiger partial charge is 0.361 e. The molecule has 10 nitrogen and oxygen atoms in total. The van der Waals surface area contributed by atoms with E-state index in [1.54, 1.807) is 23.1 Å². The minimum absolute atomic E-state index is 0.0377. The fourth-order valence-electron chi connectivity index (χ4n) is 2.72. The third-order valence-electron chi connectivity index (χ3n) is 3.95. The van der Waals surface area contributed by atoms with Crippen molar-refractivity contribution in [2.75, 3.05) is 10.2 Å². The smallest absolute Gasteiger partial charge is 0.319 e. The Bertz CT molecular complexity index is 849. The van der Waals surface area contributed by atoms with Gasteiger partial charge in [0.05, 0.1) is 6.54 Å². The van der Waals surface area contributed by atoms with Crippen molar-refractivity contribution in [3.05, 3.63) is 36.0 Å². The van der Waals surface area contributed by atoms with Crippen LogP contribution in [0.25, 0.3) is 0 Å². The third-order valence-corrected chi connectivity index (χ3v) is 3.95. The molecule has 1 aliphatic heterocycles. The Morgan fingerprint density at radius 3 is 2.88 bits per heavy atom. The number of hydrogen-bond donors (Lipinski definition) is 3. The van der Waals surface area contributed by atoms with Crippen LogP contribution in [0.1, 0.15) is 36.3 Å². The van der Waals surface area contributed by atoms with Crippen molar-refractivity contribution in [3.8, 4) is 0 Å². The van der Waals surface area contributed by atoms with Crippen LogP contribution < -0.4 is 21.3 Å². The van der Waals surface area contributed by atoms with Crippen LogP contribution in [0, 0.1) is 0 Å². The molecule has 0 radical (unpaired) electrons. The van der Waals surface area contributed by atoms with Crippen molar-refractivity contribution < 1.29 is 18.9 Å². The molecule has 1 aromatic heterocycles. The summed E-state index contributed by atoms with van der Waals surface area (Å²) in [5, 5.41) is 8.73. The monoisotopic (exact) mass is 358 g/mol. The molecule has 2 heterocycles. The van der Waals surface area contributed by atoms with E-state index in [4.69, 9.17) is 5.73 Å². The number of benzene rings is 1. The van der Waals surface area contributed by atoms with Crippen LogP contribution >= 0.6 is 0 Å². The van der Waals surface area contributed by atoms with Crippen LogP contribution in [0.2, 0.25) is 0 Å². The number of carbonyl (C=O) groups excluding carboxylic acids is 3. The highest BCUT2D eigenvalue weighted by molar-refractivity contribution is 5.97. The Hall–Kier alpha value is -3.43. The van der Waals surface area contributed by atoms with Gasteiger partial charge < -0.3 is 25.8 Å². The van der Waals surface area contributed by atoms with Crippen molar-refractivity contribution in [3.63, 3.8) is 0 Å². The lowest BCUT2D eigenvalue weighted by Crippen LogP contribution is -2.31. The van der Waals surface area contributed by atoms with Crippen molar-refractivity contribution in [2.24, 2.45) is 5.73 Å². The maximum absolute atomic E-state index is 12.0. The minimum atomic E-state index is -0.837. The number of rotatable bonds is 5. The Labute approximate surface area is 148 Å². The van der Waals surface area contributed by atoms with Gasteiger partial charge in [-0.25, -0.2) is 4.79 Å². The Kier molecular flexibility index (Phi) is 4.83. The molecular formula is C16H18N6O4. The number of nitrogens with one attached hydrogen (secondary N) is 2. The van der Waals surface area contributed by atoms with Gasteiger partial charge in [0.2, 0.25) is 5.91 Å². The number of nitrogens with zero attached hydrogens (tertiary/aromatic N) is 3. The van der Waals surface area contributed by atoms with E-state index in [9.17, 15) is 14.4 Å². The molecule has 3 rings (SSSR count). The van der Waals surface area contributed by atoms with E-state index >= 15 is 0 Å². The van der Waals surface area contributed by atoms with Crippen LogP contribution in [-0.4, -0.2) is 34.0 Å². The highest BCUT2D eigenvalue weighted by Gasteiger charge is 2.28. The van der Waals surface area contributed by atoms with Gasteiger partial charge in [0.25, 0.3) is 0 Å². The summed E-state index contributed by atoms with van der Waals surface area (Å²) in [7, 11) is 0. The number of primary amides is 1. The first kappa shape index (κ1) is 17.4. The zero-order valence-corrected chi connectivity index (χ0v) is 14.1. The summed E-state index contributed by atoms with van der Waals surface area (Å²) in [6.07, 6.45) is 1.34. The first-order valence-electron chi connectivity index (χ1n) is 8.03. The molecule has 26 heavy (non-hydrogen) atoms. The standard InChI is InChI=1S/C16H18N6O4/c1-9-5-6-13(23)22(9)11-4-2-3-10(7-11)19-16(25)18-8-12-20-15(14(17)24)26-21-12/h2-4,7,9H,5-6,8H2,1H3,(H2,17,24)(H2,18,19,25). The van der Waals surface area contributed by atoms with E-state index in [0.717, 1.165) is 12.1 Å². The second kappa shape index (κ2) is 7.21. The lowest BCUT2D eigenvalue weighted by atomic mass is 10.2. The van der Waals surface area contributed by atoms with Gasteiger partial charge in [0.1, 0.15) is 0 Å². The van der Waals surface area contributed by atoms with E-state index in [1.165, 1.54) is 0 Å². The summed E-state index contributed by atoms with van der Waals surface area (Å²) in [6.45, 7) is 1.95. The molecule has 136 valence electrons. The summed E-state index contributed by atoms with van der Waals surface area (Å²) < 4.78 is 4.62. The number of hydrogen-bond acceptors (Lipinski definition) is 6. The van der Waals surface area contributed by atoms with Crippen LogP contribution in [0.15, 0.2) is 28.8 Å². The molecule has 1 unspecified atom stereocenters. The summed E-state index contributed by atoms with van der Waals surface area (Å²) in [4.78, 5) is 40.3. The van der Waals surface area contributed by atoms with E-state index in [0.29, 0.717) is 12.1 Å². The molecule has 1 aromatic carbocycles. The van der Waals surface area contributed by atoms with Gasteiger partial charge >= 0.3 is 17.8 Å². The predicted octanol–water partition coefficient (Wildman–Crippen LogP) is 1.01. The van der Waals surface area contributed by atoms with Crippen LogP contribution in [0.5, 0.6) is 0 Å². The maximum atomic E-state index is 12.0. The first-order chi connectivity index (χ1) is 12.4. The SMILES string of the molecule is CC1CCC(=O)N1c1cccc(NC(=O)NCc2noc(C(N)=O)n2)c1. The van der Waals surface area contributed by atoms with E-state index in [-0.39, 0.29) is 30.2 Å². The van der Waals surface area contributed by atoms with Gasteiger partial charge in [0.15, 0.2) is 5.82 Å². The van der Waals surface area contributed by atoms with Gasteiger partial charge in [-0.2, -0.15) is 4.98 Å². The zero-order chi connectivity index (χ0) is 18.7. The van der Waals surface area contributed by atoms with Gasteiger partial charge in [-0.1, -0.05) is 11.2 Å². The number of carbonyl (C=O) groups is 3. The normalized spacial score (nSPS) is 16.6. The second-order valence-electron chi connectivity index (χ2n) is 5.89. The van der Waals surface area contributed by atoms with E-state index in [2.05, 4.69) is 25.3 Å². The predicted molar refractivity (Wildman–Crippen MR) is 91.3 cm³/mol. The maximum Gasteiger partial charge on any atom is 0.319 e. The Morgan fingerprint density at radius 1 is 1.42 bits per heavy atom. The van der Waals surface area contributed by atoms with Crippen LogP contribution in [0.3, 0.4) is 0 Å². The topological polar surface area (TPSA) is 143 Å². The molecular weight excluding hydrogens is 340 g/mol. The van der Waals surface area contributed by atoms with Gasteiger partial charge in [-0.3, -0.25) is 9.59 Å². The van der Waals surface area contributed by atoms with Crippen LogP contribution in [-0.2, 0) is 11.3 Å². The fraction of sp³-hybridized carbons (Fsp3) is 0.312. The van der Waals surface area contributed by atoms with Crippen molar-refractivity contribution in [1.82, 2.24) is 15.5 Å². The van der Waals surface area contributed by atoms with Crippen molar-refractivity contribution in [1.29, 1.82) is 0 Å². The summed E-state index contributed by atoms with van der Waals surface area (Å²) in [5.74, 6) is -0.962. The lowest BCUT2D eigenvalue weighted by Gasteiger charge is -2.22. The van der Waals surface area contributed by atoms with Crippen LogP contribution in [0.4, 0.5) is 16.2 Å². The highest BCUT2D eigenvalue weighted by Crippen LogP contribution is 2.28. The number of amides is 4. The fourth-order valence-corrected chi connectivity index (χ4v) is 2.72. The third kappa shape index (κ3) is 3.79. The number of aromatic nitrogens is 2. The van der Waals surface area contributed by atoms with Gasteiger partial charge in [-0.05, 0) is 31.5 Å². The molecule has 0 aliphatic carbocycles. The highest BCUT2D eigenvalue weighted by atomic mass is 16.5.